The molecular weight excluding hydrogens is 434 g/mol. The fourth-order valence-corrected chi connectivity index (χ4v) is 5.14. The van der Waals surface area contributed by atoms with E-state index in [1.165, 1.54) is 9.47 Å². The molecule has 4 atom stereocenters. The summed E-state index contributed by atoms with van der Waals surface area (Å²) in [4.78, 5) is 39.6. The number of rotatable bonds is 3. The number of piperidine rings is 1. The molecule has 0 spiro atoms. The van der Waals surface area contributed by atoms with Crippen LogP contribution >= 0.6 is 0 Å². The Labute approximate surface area is 178 Å². The minimum absolute atomic E-state index is 0.0952. The molecule has 3 aliphatic rings. The molecule has 2 aromatic rings. The quantitative estimate of drug-likeness (QED) is 0.697. The number of carbonyl (C=O) groups is 2. The number of benzene rings is 1. The van der Waals surface area contributed by atoms with Crippen molar-refractivity contribution in [2.45, 2.75) is 44.2 Å². The third-order valence-corrected chi connectivity index (χ3v) is 6.60. The molecule has 168 valence electrons. The molecule has 2 N–H and O–H groups in total. The van der Waals surface area contributed by atoms with E-state index in [0.29, 0.717) is 18.6 Å². The molecule has 2 bridgehead atoms. The zero-order valence-electron chi connectivity index (χ0n) is 16.4. The molecule has 1 saturated carbocycles. The van der Waals surface area contributed by atoms with Crippen LogP contribution in [0.15, 0.2) is 23.1 Å². The van der Waals surface area contributed by atoms with Gasteiger partial charge in [-0.25, -0.2) is 17.6 Å². The minimum Gasteiger partial charge on any atom is -0.503 e. The zero-order valence-corrected chi connectivity index (χ0v) is 16.4. The van der Waals surface area contributed by atoms with Crippen LogP contribution in [-0.4, -0.2) is 44.6 Å². The highest BCUT2D eigenvalue weighted by Crippen LogP contribution is 2.47. The van der Waals surface area contributed by atoms with Gasteiger partial charge in [0.25, 0.3) is 11.8 Å². The number of alkyl halides is 1. The van der Waals surface area contributed by atoms with Crippen molar-refractivity contribution in [2.75, 3.05) is 0 Å². The van der Waals surface area contributed by atoms with Crippen molar-refractivity contribution in [2.24, 2.45) is 5.92 Å². The van der Waals surface area contributed by atoms with E-state index in [0.717, 1.165) is 6.20 Å². The Morgan fingerprint density at radius 2 is 1.84 bits per heavy atom. The van der Waals surface area contributed by atoms with Gasteiger partial charge in [-0.05, 0) is 12.8 Å². The molecule has 2 fully saturated rings. The van der Waals surface area contributed by atoms with E-state index < -0.39 is 70.3 Å². The molecule has 1 aromatic heterocycles. The molecule has 1 unspecified atom stereocenters. The predicted molar refractivity (Wildman–Crippen MR) is 101 cm³/mol. The standard InChI is InChI=1S/C21H17F4N3O4/c22-8-1-13(23)11(14(24)2-8)5-26-20(31)12-6-27-7-16-10-3-9(4-15(10)25)28(16)21(32)17(27)19(30)18(12)29/h1-2,6,9-10,15-16,30H,3-5,7H2,(H,26,31)/t9-,10?,15-,16+/m1/s1. The summed E-state index contributed by atoms with van der Waals surface area (Å²) >= 11 is 0. The van der Waals surface area contributed by atoms with Gasteiger partial charge in [0, 0.05) is 48.9 Å². The number of pyridine rings is 1. The SMILES string of the molecule is O=C(NCc1c(F)cc(F)cc1F)c1cn2c(c(O)c1=O)C(=O)N1[C@@H]3CC([C@H](F)C3)[C@@H]1C2. The van der Waals surface area contributed by atoms with E-state index >= 15 is 0 Å². The van der Waals surface area contributed by atoms with Gasteiger partial charge in [-0.15, -0.1) is 0 Å². The van der Waals surface area contributed by atoms with E-state index in [4.69, 9.17) is 0 Å². The minimum atomic E-state index is -1.21. The van der Waals surface area contributed by atoms with Crippen LogP contribution in [0.25, 0.3) is 0 Å². The first-order chi connectivity index (χ1) is 15.2. The molecule has 32 heavy (non-hydrogen) atoms. The first-order valence-electron chi connectivity index (χ1n) is 10.0. The lowest BCUT2D eigenvalue weighted by molar-refractivity contribution is 0.0350. The van der Waals surface area contributed by atoms with Gasteiger partial charge in [0.1, 0.15) is 29.2 Å². The third-order valence-electron chi connectivity index (χ3n) is 6.60. The van der Waals surface area contributed by atoms with Crippen molar-refractivity contribution in [3.8, 4) is 5.75 Å². The second-order valence-electron chi connectivity index (χ2n) is 8.34. The third kappa shape index (κ3) is 2.90. The van der Waals surface area contributed by atoms with Crippen LogP contribution in [0.4, 0.5) is 17.6 Å². The Morgan fingerprint density at radius 3 is 2.53 bits per heavy atom. The van der Waals surface area contributed by atoms with E-state index in [2.05, 4.69) is 5.32 Å². The smallest absolute Gasteiger partial charge is 0.275 e. The lowest BCUT2D eigenvalue weighted by Crippen LogP contribution is -2.54. The molecule has 3 heterocycles. The van der Waals surface area contributed by atoms with Crippen LogP contribution in [-0.2, 0) is 13.1 Å². The maximum Gasteiger partial charge on any atom is 0.275 e. The van der Waals surface area contributed by atoms with Gasteiger partial charge in [0.2, 0.25) is 5.43 Å². The highest BCUT2D eigenvalue weighted by atomic mass is 19.1. The molecule has 2 amide bonds. The predicted octanol–water partition coefficient (Wildman–Crippen LogP) is 1.86. The van der Waals surface area contributed by atoms with Crippen molar-refractivity contribution in [3.63, 3.8) is 0 Å². The summed E-state index contributed by atoms with van der Waals surface area (Å²) in [5, 5.41) is 12.6. The largest absolute Gasteiger partial charge is 0.503 e. The summed E-state index contributed by atoms with van der Waals surface area (Å²) in [7, 11) is 0. The van der Waals surface area contributed by atoms with Crippen molar-refractivity contribution < 1.29 is 32.3 Å². The van der Waals surface area contributed by atoms with Gasteiger partial charge >= 0.3 is 0 Å². The van der Waals surface area contributed by atoms with Gasteiger partial charge < -0.3 is 19.9 Å². The number of fused-ring (bicyclic) bond motifs is 6. The van der Waals surface area contributed by atoms with Crippen molar-refractivity contribution in [1.82, 2.24) is 14.8 Å². The van der Waals surface area contributed by atoms with Crippen molar-refractivity contribution in [1.29, 1.82) is 0 Å². The van der Waals surface area contributed by atoms with Crippen LogP contribution in [0, 0.1) is 23.4 Å². The number of aromatic nitrogens is 1. The average Bonchev–Trinajstić information content (AvgIpc) is 3.26. The van der Waals surface area contributed by atoms with Gasteiger partial charge in [-0.3, -0.25) is 14.4 Å². The molecule has 7 nitrogen and oxygen atoms in total. The Balaban J connectivity index is 1.45. The Hall–Kier alpha value is -3.37. The molecule has 1 saturated heterocycles. The Kier molecular flexibility index (Phi) is 4.54. The lowest BCUT2D eigenvalue weighted by atomic mass is 9.94. The number of hydrogen-bond acceptors (Lipinski definition) is 4. The Morgan fingerprint density at radius 1 is 1.16 bits per heavy atom. The van der Waals surface area contributed by atoms with Crippen LogP contribution in [0.2, 0.25) is 0 Å². The highest BCUT2D eigenvalue weighted by molar-refractivity contribution is 5.99. The number of carbonyl (C=O) groups excluding carboxylic acids is 2. The van der Waals surface area contributed by atoms with Crippen molar-refractivity contribution >= 4 is 11.8 Å². The molecule has 1 aliphatic carbocycles. The van der Waals surface area contributed by atoms with Gasteiger partial charge in [-0.2, -0.15) is 0 Å². The van der Waals surface area contributed by atoms with Crippen LogP contribution in [0.3, 0.4) is 0 Å². The summed E-state index contributed by atoms with van der Waals surface area (Å²) in [5.74, 6) is -6.47. The van der Waals surface area contributed by atoms with E-state index in [1.807, 2.05) is 0 Å². The van der Waals surface area contributed by atoms with Crippen LogP contribution in [0.1, 0.15) is 39.3 Å². The number of hydrogen-bond donors (Lipinski definition) is 2. The second kappa shape index (κ2) is 7.07. The monoisotopic (exact) mass is 451 g/mol. The van der Waals surface area contributed by atoms with Crippen molar-refractivity contribution in [3.05, 3.63) is 62.8 Å². The number of amides is 2. The summed E-state index contributed by atoms with van der Waals surface area (Å²) in [5.41, 5.74) is -2.55. The van der Waals surface area contributed by atoms with E-state index in [1.54, 1.807) is 0 Å². The summed E-state index contributed by atoms with van der Waals surface area (Å²) < 4.78 is 56.1. The van der Waals surface area contributed by atoms with E-state index in [-0.39, 0.29) is 30.6 Å². The molecule has 5 rings (SSSR count). The fraction of sp³-hybridized carbons (Fsp3) is 0.381. The molecule has 11 heteroatoms. The second-order valence-corrected chi connectivity index (χ2v) is 8.34. The van der Waals surface area contributed by atoms with Crippen LogP contribution < -0.4 is 10.7 Å². The number of aromatic hydroxyl groups is 1. The summed E-state index contributed by atoms with van der Waals surface area (Å²) in [6.45, 7) is -0.584. The maximum absolute atomic E-state index is 14.2. The van der Waals surface area contributed by atoms with Gasteiger partial charge in [-0.1, -0.05) is 0 Å². The average molecular weight is 451 g/mol. The zero-order chi connectivity index (χ0) is 22.9. The topological polar surface area (TPSA) is 91.6 Å². The number of nitrogens with zero attached hydrogens (tertiary/aromatic N) is 2. The summed E-state index contributed by atoms with van der Waals surface area (Å²) in [6, 6.07) is 0.160. The molecular formula is C21H17F4N3O4. The number of nitrogens with one attached hydrogen (secondary N) is 1. The van der Waals surface area contributed by atoms with Gasteiger partial charge in [0.05, 0.1) is 6.04 Å². The van der Waals surface area contributed by atoms with Crippen LogP contribution in [0.5, 0.6) is 5.75 Å². The summed E-state index contributed by atoms with van der Waals surface area (Å²) in [6.07, 6.45) is 0.749. The lowest BCUT2D eigenvalue weighted by Gasteiger charge is -2.41. The first-order valence-corrected chi connectivity index (χ1v) is 10.0. The Bertz CT molecular complexity index is 1210. The molecule has 0 radical (unpaired) electrons. The molecule has 2 aliphatic heterocycles. The first kappa shape index (κ1) is 20.5. The normalized spacial score (nSPS) is 25.6. The fourth-order valence-electron chi connectivity index (χ4n) is 5.14. The number of halogens is 4. The maximum atomic E-state index is 14.2. The molecule has 1 aromatic carbocycles. The van der Waals surface area contributed by atoms with E-state index in [9.17, 15) is 37.1 Å². The van der Waals surface area contributed by atoms with Gasteiger partial charge in [0.15, 0.2) is 11.4 Å². The highest BCUT2D eigenvalue weighted by Gasteiger charge is 2.56.